The maximum Gasteiger partial charge on any atom is 0.170 e. The molecule has 0 saturated carbocycles. The van der Waals surface area contributed by atoms with Crippen molar-refractivity contribution >= 4 is 22.2 Å². The molecule has 1 heterocycles. The van der Waals surface area contributed by atoms with Gasteiger partial charge in [0.15, 0.2) is 6.29 Å². The lowest BCUT2D eigenvalue weighted by Crippen LogP contribution is -1.96. The maximum absolute atomic E-state index is 10.8. The fourth-order valence-electron chi connectivity index (χ4n) is 1.31. The van der Waals surface area contributed by atoms with Gasteiger partial charge in [0.25, 0.3) is 0 Å². The smallest absolute Gasteiger partial charge is 0.170 e. The van der Waals surface area contributed by atoms with Crippen LogP contribution in [0.5, 0.6) is 0 Å². The van der Waals surface area contributed by atoms with E-state index in [-0.39, 0.29) is 0 Å². The minimum atomic E-state index is 0.484. The van der Waals surface area contributed by atoms with Gasteiger partial charge in [0, 0.05) is 17.1 Å². The lowest BCUT2D eigenvalue weighted by molar-refractivity contribution is 0.111. The lowest BCUT2D eigenvalue weighted by atomic mass is 10.1. The highest BCUT2D eigenvalue weighted by Crippen LogP contribution is 2.21. The fraction of sp³-hybridized carbons (Fsp3) is 0.100. The molecule has 1 aromatic carbocycles. The number of halogens is 1. The van der Waals surface area contributed by atoms with Gasteiger partial charge in [-0.1, -0.05) is 33.3 Å². The molecule has 76 valence electrons. The molecule has 1 aromatic heterocycles. The zero-order chi connectivity index (χ0) is 10.8. The van der Waals surface area contributed by atoms with Crippen LogP contribution in [0, 0.1) is 0 Å². The quantitative estimate of drug-likeness (QED) is 0.781. The highest BCUT2D eigenvalue weighted by Gasteiger charge is 2.11. The zero-order valence-electron chi connectivity index (χ0n) is 8.01. The van der Waals surface area contributed by atoms with Crippen molar-refractivity contribution in [2.45, 2.75) is 0 Å². The molecular formula is C10H8BrN3O. The Kier molecular flexibility index (Phi) is 2.64. The lowest BCUT2D eigenvalue weighted by Gasteiger charge is -1.97. The highest BCUT2D eigenvalue weighted by atomic mass is 79.9. The topological polar surface area (TPSA) is 47.8 Å². The zero-order valence-corrected chi connectivity index (χ0v) is 9.60. The maximum atomic E-state index is 10.8. The monoisotopic (exact) mass is 265 g/mol. The van der Waals surface area contributed by atoms with E-state index < -0.39 is 0 Å². The second kappa shape index (κ2) is 3.94. The number of aldehydes is 1. The molecule has 0 fully saturated rings. The normalized spacial score (nSPS) is 10.3. The Hall–Kier alpha value is -1.49. The van der Waals surface area contributed by atoms with Crippen LogP contribution in [0.2, 0.25) is 0 Å². The van der Waals surface area contributed by atoms with Crippen LogP contribution in [0.15, 0.2) is 28.7 Å². The third-order valence-corrected chi connectivity index (χ3v) is 2.63. The first kappa shape index (κ1) is 10.0. The van der Waals surface area contributed by atoms with Crippen molar-refractivity contribution in [3.05, 3.63) is 34.4 Å². The standard InChI is InChI=1S/C10H8BrN3O/c1-14-9(6-15)10(12-13-14)7-2-4-8(11)5-3-7/h2-6H,1H3. The molecule has 15 heavy (non-hydrogen) atoms. The Morgan fingerprint density at radius 1 is 1.33 bits per heavy atom. The van der Waals surface area contributed by atoms with Crippen LogP contribution in [0.1, 0.15) is 10.5 Å². The highest BCUT2D eigenvalue weighted by molar-refractivity contribution is 9.10. The minimum Gasteiger partial charge on any atom is -0.296 e. The fourth-order valence-corrected chi connectivity index (χ4v) is 1.57. The molecule has 0 aliphatic heterocycles. The number of rotatable bonds is 2. The van der Waals surface area contributed by atoms with Crippen molar-refractivity contribution in [2.24, 2.45) is 7.05 Å². The molecule has 0 spiro atoms. The molecule has 0 amide bonds. The molecule has 0 aliphatic rings. The van der Waals surface area contributed by atoms with Crippen LogP contribution in [-0.2, 0) is 7.05 Å². The summed E-state index contributed by atoms with van der Waals surface area (Å²) in [5.74, 6) is 0. The Labute approximate surface area is 95.0 Å². The van der Waals surface area contributed by atoms with Gasteiger partial charge in [-0.2, -0.15) is 0 Å². The van der Waals surface area contributed by atoms with E-state index in [1.807, 2.05) is 24.3 Å². The van der Waals surface area contributed by atoms with Crippen molar-refractivity contribution in [3.8, 4) is 11.3 Å². The van der Waals surface area contributed by atoms with Crippen molar-refractivity contribution in [3.63, 3.8) is 0 Å². The summed E-state index contributed by atoms with van der Waals surface area (Å²) < 4.78 is 2.45. The number of hydrogen-bond donors (Lipinski definition) is 0. The summed E-state index contributed by atoms with van der Waals surface area (Å²) in [6, 6.07) is 7.58. The van der Waals surface area contributed by atoms with Crippen molar-refractivity contribution in [1.29, 1.82) is 0 Å². The molecule has 0 N–H and O–H groups in total. The Balaban J connectivity index is 2.53. The predicted octanol–water partition coefficient (Wildman–Crippen LogP) is 2.06. The number of hydrogen-bond acceptors (Lipinski definition) is 3. The summed E-state index contributed by atoms with van der Waals surface area (Å²) in [6.07, 6.45) is 0.761. The van der Waals surface area contributed by atoms with Crippen LogP contribution < -0.4 is 0 Å². The van der Waals surface area contributed by atoms with Crippen LogP contribution in [-0.4, -0.2) is 21.3 Å². The molecule has 2 aromatic rings. The predicted molar refractivity (Wildman–Crippen MR) is 59.5 cm³/mol. The largest absolute Gasteiger partial charge is 0.296 e. The molecule has 0 unspecified atom stereocenters. The third kappa shape index (κ3) is 1.83. The van der Waals surface area contributed by atoms with Gasteiger partial charge in [-0.25, -0.2) is 4.68 Å². The van der Waals surface area contributed by atoms with Gasteiger partial charge in [0.05, 0.1) is 0 Å². The first-order chi connectivity index (χ1) is 7.22. The van der Waals surface area contributed by atoms with Gasteiger partial charge in [-0.3, -0.25) is 4.79 Å². The molecule has 0 bridgehead atoms. The Bertz CT molecular complexity index is 490. The van der Waals surface area contributed by atoms with Crippen molar-refractivity contribution in [2.75, 3.05) is 0 Å². The SMILES string of the molecule is Cn1nnc(-c2ccc(Br)cc2)c1C=O. The molecule has 0 radical (unpaired) electrons. The van der Waals surface area contributed by atoms with Crippen LogP contribution >= 0.6 is 15.9 Å². The number of benzene rings is 1. The van der Waals surface area contributed by atoms with Gasteiger partial charge in [-0.15, -0.1) is 5.10 Å². The Morgan fingerprint density at radius 2 is 2.00 bits per heavy atom. The molecule has 0 atom stereocenters. The summed E-state index contributed by atoms with van der Waals surface area (Å²) in [7, 11) is 1.69. The first-order valence-electron chi connectivity index (χ1n) is 4.33. The summed E-state index contributed by atoms with van der Waals surface area (Å²) in [5, 5.41) is 7.76. The number of aromatic nitrogens is 3. The number of carbonyl (C=O) groups excluding carboxylic acids is 1. The summed E-state index contributed by atoms with van der Waals surface area (Å²) in [4.78, 5) is 10.8. The van der Waals surface area contributed by atoms with Crippen molar-refractivity contribution in [1.82, 2.24) is 15.0 Å². The van der Waals surface area contributed by atoms with Crippen molar-refractivity contribution < 1.29 is 4.79 Å². The van der Waals surface area contributed by atoms with E-state index in [4.69, 9.17) is 0 Å². The average molecular weight is 266 g/mol. The third-order valence-electron chi connectivity index (χ3n) is 2.10. The second-order valence-corrected chi connectivity index (χ2v) is 3.99. The number of aryl methyl sites for hydroxylation is 1. The summed E-state index contributed by atoms with van der Waals surface area (Å²) in [5.41, 5.74) is 1.98. The molecule has 4 nitrogen and oxygen atoms in total. The van der Waals surface area contributed by atoms with Gasteiger partial charge < -0.3 is 0 Å². The molecular weight excluding hydrogens is 258 g/mol. The number of carbonyl (C=O) groups is 1. The van der Waals surface area contributed by atoms with Gasteiger partial charge in [0.1, 0.15) is 11.4 Å². The minimum absolute atomic E-state index is 0.484. The first-order valence-corrected chi connectivity index (χ1v) is 5.12. The molecule has 0 aliphatic carbocycles. The van der Waals surface area contributed by atoms with Crippen LogP contribution in [0.4, 0.5) is 0 Å². The Morgan fingerprint density at radius 3 is 2.60 bits per heavy atom. The average Bonchev–Trinajstić information content (AvgIpc) is 2.61. The second-order valence-electron chi connectivity index (χ2n) is 3.07. The molecule has 5 heteroatoms. The van der Waals surface area contributed by atoms with E-state index in [1.54, 1.807) is 7.05 Å². The van der Waals surface area contributed by atoms with E-state index in [1.165, 1.54) is 4.68 Å². The molecule has 2 rings (SSSR count). The van der Waals surface area contributed by atoms with E-state index in [0.717, 1.165) is 16.3 Å². The number of nitrogens with zero attached hydrogens (tertiary/aromatic N) is 3. The van der Waals surface area contributed by atoms with E-state index in [2.05, 4.69) is 26.2 Å². The summed E-state index contributed by atoms with van der Waals surface area (Å²) in [6.45, 7) is 0. The van der Waals surface area contributed by atoms with Gasteiger partial charge in [-0.05, 0) is 12.1 Å². The van der Waals surface area contributed by atoms with Gasteiger partial charge in [0.2, 0.25) is 0 Å². The van der Waals surface area contributed by atoms with Crippen LogP contribution in [0.3, 0.4) is 0 Å². The van der Waals surface area contributed by atoms with E-state index in [9.17, 15) is 4.79 Å². The van der Waals surface area contributed by atoms with E-state index in [0.29, 0.717) is 11.4 Å². The van der Waals surface area contributed by atoms with Gasteiger partial charge >= 0.3 is 0 Å². The van der Waals surface area contributed by atoms with E-state index >= 15 is 0 Å². The van der Waals surface area contributed by atoms with Crippen LogP contribution in [0.25, 0.3) is 11.3 Å². The summed E-state index contributed by atoms with van der Waals surface area (Å²) >= 11 is 3.35. The molecule has 0 saturated heterocycles.